The number of carbonyl (C=O) groups is 3. The maximum atomic E-state index is 12.3. The smallest absolute Gasteiger partial charge is 0.326 e. The molecule has 1 aliphatic rings. The number of nitrogens with one attached hydrogen (secondary N) is 1. The van der Waals surface area contributed by atoms with Crippen molar-refractivity contribution in [3.63, 3.8) is 0 Å². The van der Waals surface area contributed by atoms with Crippen LogP contribution in [0.3, 0.4) is 0 Å². The van der Waals surface area contributed by atoms with Gasteiger partial charge in [-0.05, 0) is 24.5 Å². The molecule has 21 heavy (non-hydrogen) atoms. The summed E-state index contributed by atoms with van der Waals surface area (Å²) in [6.45, 7) is 0.506. The van der Waals surface area contributed by atoms with Gasteiger partial charge in [0.05, 0.1) is 6.42 Å². The number of para-hydroxylation sites is 1. The Bertz CT molecular complexity index is 573. The van der Waals surface area contributed by atoms with Gasteiger partial charge in [0.1, 0.15) is 6.04 Å². The molecule has 0 aliphatic carbocycles. The van der Waals surface area contributed by atoms with Gasteiger partial charge in [0.15, 0.2) is 0 Å². The number of nitrogens with zero attached hydrogens (tertiary/aromatic N) is 1. The molecule has 0 saturated carbocycles. The van der Waals surface area contributed by atoms with Crippen LogP contribution in [-0.4, -0.2) is 35.6 Å². The van der Waals surface area contributed by atoms with E-state index in [4.69, 9.17) is 10.8 Å². The normalized spacial score (nSPS) is 15.0. The zero-order chi connectivity index (χ0) is 15.4. The van der Waals surface area contributed by atoms with Crippen LogP contribution in [0.4, 0.5) is 10.5 Å². The fourth-order valence-corrected chi connectivity index (χ4v) is 2.37. The van der Waals surface area contributed by atoms with Crippen molar-refractivity contribution in [3.05, 3.63) is 29.8 Å². The number of urea groups is 1. The standard InChI is InChI=1S/C14H17N3O4/c15-12(18)8-10(13(19)20)16-14(21)17-7-3-5-9-4-1-2-6-11(9)17/h1-2,4,6,10H,3,5,7-8H2,(H2,15,18)(H,16,21)(H,19,20). The molecule has 4 N–H and O–H groups in total. The number of rotatable bonds is 4. The summed E-state index contributed by atoms with van der Waals surface area (Å²) in [6, 6.07) is 5.63. The number of carboxylic acids is 1. The molecule has 1 aromatic rings. The van der Waals surface area contributed by atoms with Crippen LogP contribution in [0.1, 0.15) is 18.4 Å². The van der Waals surface area contributed by atoms with Gasteiger partial charge in [-0.25, -0.2) is 9.59 Å². The molecule has 1 aliphatic heterocycles. The number of aliphatic carboxylic acids is 1. The van der Waals surface area contributed by atoms with E-state index >= 15 is 0 Å². The number of amides is 3. The highest BCUT2D eigenvalue weighted by Gasteiger charge is 2.27. The lowest BCUT2D eigenvalue weighted by Crippen LogP contribution is -2.50. The number of hydrogen-bond donors (Lipinski definition) is 3. The number of carboxylic acid groups (broad SMARTS) is 1. The Balaban J connectivity index is 2.13. The molecule has 1 heterocycles. The second-order valence-corrected chi connectivity index (χ2v) is 4.89. The summed E-state index contributed by atoms with van der Waals surface area (Å²) in [4.78, 5) is 35.7. The van der Waals surface area contributed by atoms with Gasteiger partial charge >= 0.3 is 12.0 Å². The first-order chi connectivity index (χ1) is 9.99. The molecule has 0 radical (unpaired) electrons. The van der Waals surface area contributed by atoms with E-state index in [0.717, 1.165) is 24.1 Å². The molecule has 1 atom stereocenters. The zero-order valence-corrected chi connectivity index (χ0v) is 11.4. The van der Waals surface area contributed by atoms with Crippen LogP contribution in [0.25, 0.3) is 0 Å². The van der Waals surface area contributed by atoms with Crippen molar-refractivity contribution in [1.82, 2.24) is 5.32 Å². The minimum atomic E-state index is -1.32. The third-order valence-corrected chi connectivity index (χ3v) is 3.36. The first-order valence-electron chi connectivity index (χ1n) is 6.66. The molecule has 0 saturated heterocycles. The average molecular weight is 291 g/mol. The highest BCUT2D eigenvalue weighted by atomic mass is 16.4. The summed E-state index contributed by atoms with van der Waals surface area (Å²) in [5.74, 6) is -2.06. The molecule has 0 fully saturated rings. The highest BCUT2D eigenvalue weighted by molar-refractivity contribution is 5.96. The highest BCUT2D eigenvalue weighted by Crippen LogP contribution is 2.26. The van der Waals surface area contributed by atoms with E-state index in [1.165, 1.54) is 4.90 Å². The minimum absolute atomic E-state index is 0.434. The van der Waals surface area contributed by atoms with Gasteiger partial charge in [-0.2, -0.15) is 0 Å². The van der Waals surface area contributed by atoms with Crippen molar-refractivity contribution >= 4 is 23.6 Å². The van der Waals surface area contributed by atoms with Gasteiger partial charge in [-0.1, -0.05) is 18.2 Å². The third kappa shape index (κ3) is 3.50. The van der Waals surface area contributed by atoms with Crippen LogP contribution in [0, 0.1) is 0 Å². The number of anilines is 1. The largest absolute Gasteiger partial charge is 0.480 e. The van der Waals surface area contributed by atoms with Gasteiger partial charge in [0, 0.05) is 12.2 Å². The first-order valence-corrected chi connectivity index (χ1v) is 6.66. The zero-order valence-electron chi connectivity index (χ0n) is 11.4. The van der Waals surface area contributed by atoms with Gasteiger partial charge in [0.25, 0.3) is 0 Å². The molecule has 3 amide bonds. The topological polar surface area (TPSA) is 113 Å². The average Bonchev–Trinajstić information content (AvgIpc) is 2.45. The second-order valence-electron chi connectivity index (χ2n) is 4.89. The van der Waals surface area contributed by atoms with E-state index in [-0.39, 0.29) is 0 Å². The number of primary amides is 1. The minimum Gasteiger partial charge on any atom is -0.480 e. The number of aryl methyl sites for hydroxylation is 1. The van der Waals surface area contributed by atoms with Gasteiger partial charge < -0.3 is 16.2 Å². The fraction of sp³-hybridized carbons (Fsp3) is 0.357. The van der Waals surface area contributed by atoms with E-state index in [2.05, 4.69) is 5.32 Å². The molecule has 0 spiro atoms. The second kappa shape index (κ2) is 6.25. The van der Waals surface area contributed by atoms with Crippen LogP contribution >= 0.6 is 0 Å². The van der Waals surface area contributed by atoms with Crippen molar-refractivity contribution in [2.24, 2.45) is 5.73 Å². The Kier molecular flexibility index (Phi) is 4.42. The van der Waals surface area contributed by atoms with Crippen molar-refractivity contribution in [3.8, 4) is 0 Å². The quantitative estimate of drug-likeness (QED) is 0.748. The molecule has 1 unspecified atom stereocenters. The summed E-state index contributed by atoms with van der Waals surface area (Å²) >= 11 is 0. The molecule has 1 aromatic carbocycles. The Morgan fingerprint density at radius 2 is 2.05 bits per heavy atom. The number of nitrogens with two attached hydrogens (primary N) is 1. The van der Waals surface area contributed by atoms with E-state index in [1.54, 1.807) is 0 Å². The van der Waals surface area contributed by atoms with Crippen LogP contribution in [-0.2, 0) is 16.0 Å². The van der Waals surface area contributed by atoms with E-state index in [0.29, 0.717) is 6.54 Å². The summed E-state index contributed by atoms with van der Waals surface area (Å²) in [5.41, 5.74) is 6.81. The maximum Gasteiger partial charge on any atom is 0.326 e. The van der Waals surface area contributed by atoms with E-state index < -0.39 is 30.4 Å². The summed E-state index contributed by atoms with van der Waals surface area (Å²) in [5, 5.41) is 11.4. The van der Waals surface area contributed by atoms with Gasteiger partial charge in [-0.3, -0.25) is 9.69 Å². The van der Waals surface area contributed by atoms with Gasteiger partial charge in [0.2, 0.25) is 5.91 Å². The Hall–Kier alpha value is -2.57. The Labute approximate surface area is 121 Å². The fourth-order valence-electron chi connectivity index (χ4n) is 2.37. The number of hydrogen-bond acceptors (Lipinski definition) is 3. The summed E-state index contributed by atoms with van der Waals surface area (Å²) in [7, 11) is 0. The van der Waals surface area contributed by atoms with Crippen LogP contribution in [0.5, 0.6) is 0 Å². The predicted molar refractivity (Wildman–Crippen MR) is 75.9 cm³/mol. The third-order valence-electron chi connectivity index (χ3n) is 3.36. The SMILES string of the molecule is NC(=O)CC(NC(=O)N1CCCc2ccccc21)C(=O)O. The lowest BCUT2D eigenvalue weighted by atomic mass is 10.0. The first kappa shape index (κ1) is 14.8. The molecule has 112 valence electrons. The number of carbonyl (C=O) groups excluding carboxylic acids is 2. The molecule has 0 bridgehead atoms. The van der Waals surface area contributed by atoms with E-state index in [1.807, 2.05) is 24.3 Å². The van der Waals surface area contributed by atoms with Crippen molar-refractivity contribution in [1.29, 1.82) is 0 Å². The maximum absolute atomic E-state index is 12.3. The lowest BCUT2D eigenvalue weighted by Gasteiger charge is -2.30. The van der Waals surface area contributed by atoms with Crippen molar-refractivity contribution in [2.75, 3.05) is 11.4 Å². The van der Waals surface area contributed by atoms with Gasteiger partial charge in [-0.15, -0.1) is 0 Å². The summed E-state index contributed by atoms with van der Waals surface area (Å²) in [6.07, 6.45) is 1.25. The Morgan fingerprint density at radius 1 is 1.33 bits per heavy atom. The van der Waals surface area contributed by atoms with Crippen LogP contribution in [0.2, 0.25) is 0 Å². The molecular weight excluding hydrogens is 274 g/mol. The molecule has 7 heteroatoms. The molecule has 2 rings (SSSR count). The lowest BCUT2D eigenvalue weighted by molar-refractivity contribution is -0.140. The Morgan fingerprint density at radius 3 is 2.71 bits per heavy atom. The van der Waals surface area contributed by atoms with E-state index in [9.17, 15) is 14.4 Å². The predicted octanol–water partition coefficient (Wildman–Crippen LogP) is 0.477. The molecule has 0 aromatic heterocycles. The van der Waals surface area contributed by atoms with Crippen LogP contribution < -0.4 is 16.0 Å². The summed E-state index contributed by atoms with van der Waals surface area (Å²) < 4.78 is 0. The molecule has 7 nitrogen and oxygen atoms in total. The number of fused-ring (bicyclic) bond motifs is 1. The van der Waals surface area contributed by atoms with Crippen molar-refractivity contribution < 1.29 is 19.5 Å². The monoisotopic (exact) mass is 291 g/mol. The van der Waals surface area contributed by atoms with Crippen molar-refractivity contribution in [2.45, 2.75) is 25.3 Å². The molecular formula is C14H17N3O4. The number of benzene rings is 1. The van der Waals surface area contributed by atoms with Crippen LogP contribution in [0.15, 0.2) is 24.3 Å².